The molecule has 0 bridgehead atoms. The highest BCUT2D eigenvalue weighted by Gasteiger charge is 2.27. The quantitative estimate of drug-likeness (QED) is 0.284. The molecule has 0 heterocycles. The Morgan fingerprint density at radius 2 is 1.85 bits per heavy atom. The van der Waals surface area contributed by atoms with Crippen LogP contribution in [-0.4, -0.2) is 56.3 Å². The Labute approximate surface area is 155 Å². The molecule has 0 saturated heterocycles. The molecular formula is C17H23NO7S. The standard InChI is InChI=1S/C17H23NO7S/c1-26-6-2-3-11(9-15(21)22)16(23)18-12(17(24)25)7-10-4-5-13(19)14(20)8-10/h4-5,8,11-12,19-20H,2-3,6-7,9H2,1H3,(H,18,23)(H,21,22)(H,24,25). The smallest absolute Gasteiger partial charge is 0.326 e. The van der Waals surface area contributed by atoms with Crippen molar-refractivity contribution in [2.24, 2.45) is 5.92 Å². The zero-order chi connectivity index (χ0) is 19.7. The van der Waals surface area contributed by atoms with Crippen LogP contribution in [-0.2, 0) is 20.8 Å². The van der Waals surface area contributed by atoms with Crippen LogP contribution >= 0.6 is 11.8 Å². The van der Waals surface area contributed by atoms with Crippen molar-refractivity contribution in [1.82, 2.24) is 5.32 Å². The summed E-state index contributed by atoms with van der Waals surface area (Å²) in [5.41, 5.74) is 0.408. The molecule has 0 aliphatic heterocycles. The molecule has 1 amide bonds. The average molecular weight is 385 g/mol. The molecule has 2 atom stereocenters. The van der Waals surface area contributed by atoms with E-state index >= 15 is 0 Å². The molecule has 0 aliphatic carbocycles. The Hall–Kier alpha value is -2.42. The fourth-order valence-corrected chi connectivity index (χ4v) is 2.89. The van der Waals surface area contributed by atoms with Crippen LogP contribution < -0.4 is 5.32 Å². The van der Waals surface area contributed by atoms with Crippen LogP contribution in [0.5, 0.6) is 11.5 Å². The van der Waals surface area contributed by atoms with E-state index in [1.54, 1.807) is 11.8 Å². The molecule has 1 rings (SSSR count). The molecule has 8 nitrogen and oxygen atoms in total. The van der Waals surface area contributed by atoms with E-state index in [4.69, 9.17) is 5.11 Å². The van der Waals surface area contributed by atoms with Crippen molar-refractivity contribution in [3.05, 3.63) is 23.8 Å². The molecule has 0 aromatic heterocycles. The van der Waals surface area contributed by atoms with Gasteiger partial charge in [0, 0.05) is 12.3 Å². The van der Waals surface area contributed by atoms with Gasteiger partial charge in [0.05, 0.1) is 6.42 Å². The topological polar surface area (TPSA) is 144 Å². The van der Waals surface area contributed by atoms with Crippen LogP contribution in [0.15, 0.2) is 18.2 Å². The summed E-state index contributed by atoms with van der Waals surface area (Å²) in [4.78, 5) is 34.8. The first-order chi connectivity index (χ1) is 12.2. The third-order valence-electron chi connectivity index (χ3n) is 3.79. The number of thioether (sulfide) groups is 1. The van der Waals surface area contributed by atoms with Crippen molar-refractivity contribution in [2.45, 2.75) is 31.7 Å². The molecule has 2 unspecified atom stereocenters. The number of carboxylic acid groups (broad SMARTS) is 2. The molecule has 0 aliphatic rings. The number of carbonyl (C=O) groups excluding carboxylic acids is 1. The summed E-state index contributed by atoms with van der Waals surface area (Å²) < 4.78 is 0. The highest BCUT2D eigenvalue weighted by Crippen LogP contribution is 2.25. The number of carboxylic acids is 2. The van der Waals surface area contributed by atoms with E-state index in [1.807, 2.05) is 6.26 Å². The average Bonchev–Trinajstić information content (AvgIpc) is 2.56. The number of aliphatic carboxylic acids is 2. The summed E-state index contributed by atoms with van der Waals surface area (Å²) in [6.07, 6.45) is 2.42. The molecule has 26 heavy (non-hydrogen) atoms. The molecule has 0 spiro atoms. The summed E-state index contributed by atoms with van der Waals surface area (Å²) >= 11 is 1.58. The van der Waals surface area contributed by atoms with E-state index < -0.39 is 35.6 Å². The number of carbonyl (C=O) groups is 3. The maximum absolute atomic E-state index is 12.4. The number of amides is 1. The summed E-state index contributed by atoms with van der Waals surface area (Å²) in [6, 6.07) is 2.60. The van der Waals surface area contributed by atoms with E-state index in [2.05, 4.69) is 5.32 Å². The molecular weight excluding hydrogens is 362 g/mol. The van der Waals surface area contributed by atoms with E-state index in [0.717, 1.165) is 5.75 Å². The van der Waals surface area contributed by atoms with Gasteiger partial charge >= 0.3 is 11.9 Å². The largest absolute Gasteiger partial charge is 0.504 e. The fourth-order valence-electron chi connectivity index (χ4n) is 2.43. The minimum Gasteiger partial charge on any atom is -0.504 e. The van der Waals surface area contributed by atoms with Crippen molar-refractivity contribution < 1.29 is 34.8 Å². The third kappa shape index (κ3) is 7.22. The lowest BCUT2D eigenvalue weighted by atomic mass is 9.97. The van der Waals surface area contributed by atoms with Crippen molar-refractivity contribution in [3.63, 3.8) is 0 Å². The molecule has 1 aromatic rings. The maximum Gasteiger partial charge on any atom is 0.326 e. The van der Waals surface area contributed by atoms with Gasteiger partial charge in [0.1, 0.15) is 6.04 Å². The van der Waals surface area contributed by atoms with Gasteiger partial charge < -0.3 is 25.7 Å². The number of phenols is 2. The van der Waals surface area contributed by atoms with Gasteiger partial charge in [-0.05, 0) is 42.5 Å². The predicted octanol–water partition coefficient (Wildman–Crippen LogP) is 1.44. The zero-order valence-corrected chi connectivity index (χ0v) is 15.2. The minimum absolute atomic E-state index is 0.112. The van der Waals surface area contributed by atoms with Crippen molar-refractivity contribution in [1.29, 1.82) is 0 Å². The predicted molar refractivity (Wildman–Crippen MR) is 96.4 cm³/mol. The lowest BCUT2D eigenvalue weighted by Gasteiger charge is -2.19. The van der Waals surface area contributed by atoms with E-state index in [1.165, 1.54) is 18.2 Å². The van der Waals surface area contributed by atoms with Gasteiger partial charge in [-0.2, -0.15) is 11.8 Å². The minimum atomic E-state index is -1.27. The van der Waals surface area contributed by atoms with Gasteiger partial charge in [-0.15, -0.1) is 0 Å². The van der Waals surface area contributed by atoms with Crippen molar-refractivity contribution in [3.8, 4) is 11.5 Å². The molecule has 5 N–H and O–H groups in total. The Bertz CT molecular complexity index is 650. The van der Waals surface area contributed by atoms with Crippen LogP contribution in [0.25, 0.3) is 0 Å². The Balaban J connectivity index is 2.81. The van der Waals surface area contributed by atoms with Crippen LogP contribution in [0.4, 0.5) is 0 Å². The van der Waals surface area contributed by atoms with Crippen LogP contribution in [0.2, 0.25) is 0 Å². The Morgan fingerprint density at radius 1 is 1.15 bits per heavy atom. The normalized spacial score (nSPS) is 13.0. The fraction of sp³-hybridized carbons (Fsp3) is 0.471. The van der Waals surface area contributed by atoms with Gasteiger partial charge in [-0.1, -0.05) is 6.07 Å². The van der Waals surface area contributed by atoms with Gasteiger partial charge in [-0.25, -0.2) is 4.79 Å². The first-order valence-corrected chi connectivity index (χ1v) is 9.38. The Morgan fingerprint density at radius 3 is 2.38 bits per heavy atom. The van der Waals surface area contributed by atoms with Crippen LogP contribution in [0.1, 0.15) is 24.8 Å². The summed E-state index contributed by atoms with van der Waals surface area (Å²) in [6.45, 7) is 0. The molecule has 0 saturated carbocycles. The highest BCUT2D eigenvalue weighted by molar-refractivity contribution is 7.98. The summed E-state index contributed by atoms with van der Waals surface area (Å²) in [5, 5.41) is 39.5. The molecule has 0 fully saturated rings. The first kappa shape index (κ1) is 21.6. The number of aromatic hydroxyl groups is 2. The summed E-state index contributed by atoms with van der Waals surface area (Å²) in [5.74, 6) is -3.77. The van der Waals surface area contributed by atoms with Gasteiger partial charge in [0.2, 0.25) is 5.91 Å². The second kappa shape index (κ2) is 10.5. The number of rotatable bonds is 11. The number of hydrogen-bond donors (Lipinski definition) is 5. The maximum atomic E-state index is 12.4. The van der Waals surface area contributed by atoms with E-state index in [0.29, 0.717) is 18.4 Å². The summed E-state index contributed by atoms with van der Waals surface area (Å²) in [7, 11) is 0. The van der Waals surface area contributed by atoms with Gasteiger partial charge in [0.15, 0.2) is 11.5 Å². The zero-order valence-electron chi connectivity index (χ0n) is 14.3. The van der Waals surface area contributed by atoms with E-state index in [-0.39, 0.29) is 18.6 Å². The monoisotopic (exact) mass is 385 g/mol. The molecule has 0 radical (unpaired) electrons. The van der Waals surface area contributed by atoms with E-state index in [9.17, 15) is 29.7 Å². The van der Waals surface area contributed by atoms with Crippen LogP contribution in [0, 0.1) is 5.92 Å². The van der Waals surface area contributed by atoms with Gasteiger partial charge in [-0.3, -0.25) is 9.59 Å². The number of phenolic OH excluding ortho intramolecular Hbond substituents is 2. The third-order valence-corrected chi connectivity index (χ3v) is 4.48. The second-order valence-electron chi connectivity index (χ2n) is 5.86. The lowest BCUT2D eigenvalue weighted by Crippen LogP contribution is -2.45. The number of hydrogen-bond acceptors (Lipinski definition) is 6. The lowest BCUT2D eigenvalue weighted by molar-refractivity contribution is -0.144. The van der Waals surface area contributed by atoms with Gasteiger partial charge in [0.25, 0.3) is 0 Å². The number of benzene rings is 1. The van der Waals surface area contributed by atoms with Crippen molar-refractivity contribution >= 4 is 29.6 Å². The van der Waals surface area contributed by atoms with Crippen LogP contribution in [0.3, 0.4) is 0 Å². The first-order valence-electron chi connectivity index (χ1n) is 7.99. The highest BCUT2D eigenvalue weighted by atomic mass is 32.2. The molecule has 144 valence electrons. The molecule has 1 aromatic carbocycles. The SMILES string of the molecule is CSCCCC(CC(=O)O)C(=O)NC(Cc1ccc(O)c(O)c1)C(=O)O. The van der Waals surface area contributed by atoms with Crippen molar-refractivity contribution in [2.75, 3.05) is 12.0 Å². The number of nitrogens with one attached hydrogen (secondary N) is 1. The molecule has 9 heteroatoms. The Kier molecular flexibility index (Phi) is 8.77. The second-order valence-corrected chi connectivity index (χ2v) is 6.84.